The van der Waals surface area contributed by atoms with Gasteiger partial charge in [-0.05, 0) is 24.5 Å². The number of nitriles is 1. The summed E-state index contributed by atoms with van der Waals surface area (Å²) >= 11 is 0. The Labute approximate surface area is 88.7 Å². The lowest BCUT2D eigenvalue weighted by molar-refractivity contribution is -0.0868. The summed E-state index contributed by atoms with van der Waals surface area (Å²) < 4.78 is 5.34. The van der Waals surface area contributed by atoms with Crippen LogP contribution in [0.15, 0.2) is 24.5 Å². The van der Waals surface area contributed by atoms with Crippen molar-refractivity contribution in [1.82, 2.24) is 4.98 Å². The third-order valence-electron chi connectivity index (χ3n) is 3.79. The predicted octanol–water partition coefficient (Wildman–Crippen LogP) is 1.65. The molecule has 0 amide bonds. The molecule has 0 atom stereocenters. The van der Waals surface area contributed by atoms with Crippen LogP contribution in [-0.4, -0.2) is 18.2 Å². The first kappa shape index (κ1) is 8.87. The predicted molar refractivity (Wildman–Crippen MR) is 54.0 cm³/mol. The molecule has 0 radical (unpaired) electrons. The molecular weight excluding hydrogens is 188 g/mol. The van der Waals surface area contributed by atoms with E-state index in [2.05, 4.69) is 17.1 Å². The first-order chi connectivity index (χ1) is 7.33. The SMILES string of the molecule is N#CC1(C2(c3cccnc3)COC2)CC1. The van der Waals surface area contributed by atoms with Crippen LogP contribution < -0.4 is 0 Å². The summed E-state index contributed by atoms with van der Waals surface area (Å²) in [4.78, 5) is 4.14. The molecule has 1 aliphatic carbocycles. The minimum atomic E-state index is -0.172. The first-order valence-corrected chi connectivity index (χ1v) is 5.23. The van der Waals surface area contributed by atoms with Gasteiger partial charge >= 0.3 is 0 Å². The highest BCUT2D eigenvalue weighted by Gasteiger charge is 2.64. The second kappa shape index (κ2) is 2.80. The third-order valence-corrected chi connectivity index (χ3v) is 3.79. The van der Waals surface area contributed by atoms with Crippen LogP contribution in [0.25, 0.3) is 0 Å². The molecule has 3 heteroatoms. The number of ether oxygens (including phenoxy) is 1. The Kier molecular flexibility index (Phi) is 1.66. The number of aromatic nitrogens is 1. The van der Waals surface area contributed by atoms with Crippen molar-refractivity contribution < 1.29 is 4.74 Å². The number of pyridine rings is 1. The molecule has 2 aliphatic rings. The molecule has 1 saturated carbocycles. The monoisotopic (exact) mass is 200 g/mol. The topological polar surface area (TPSA) is 45.9 Å². The van der Waals surface area contributed by atoms with Crippen LogP contribution in [0.3, 0.4) is 0 Å². The summed E-state index contributed by atoms with van der Waals surface area (Å²) in [5.41, 5.74) is 0.917. The van der Waals surface area contributed by atoms with E-state index >= 15 is 0 Å². The second-order valence-electron chi connectivity index (χ2n) is 4.51. The molecule has 1 aromatic heterocycles. The van der Waals surface area contributed by atoms with Crippen molar-refractivity contribution in [1.29, 1.82) is 5.26 Å². The average Bonchev–Trinajstić information content (AvgIpc) is 2.99. The van der Waals surface area contributed by atoms with Crippen molar-refractivity contribution in [3.63, 3.8) is 0 Å². The van der Waals surface area contributed by atoms with Crippen molar-refractivity contribution >= 4 is 0 Å². The van der Waals surface area contributed by atoms with Gasteiger partial charge in [0.1, 0.15) is 0 Å². The van der Waals surface area contributed by atoms with E-state index in [0.717, 1.165) is 18.4 Å². The summed E-state index contributed by atoms with van der Waals surface area (Å²) in [7, 11) is 0. The Morgan fingerprint density at radius 2 is 2.20 bits per heavy atom. The van der Waals surface area contributed by atoms with E-state index in [9.17, 15) is 5.26 Å². The lowest BCUT2D eigenvalue weighted by atomic mass is 9.67. The van der Waals surface area contributed by atoms with Crippen LogP contribution in [0.1, 0.15) is 18.4 Å². The molecule has 0 unspecified atom stereocenters. The Morgan fingerprint density at radius 3 is 2.60 bits per heavy atom. The fourth-order valence-corrected chi connectivity index (χ4v) is 2.49. The summed E-state index contributed by atoms with van der Waals surface area (Å²) in [6, 6.07) is 6.48. The van der Waals surface area contributed by atoms with Gasteiger partial charge in [0.15, 0.2) is 0 Å². The number of rotatable bonds is 2. The van der Waals surface area contributed by atoms with E-state index in [1.807, 2.05) is 12.3 Å². The lowest BCUT2D eigenvalue weighted by Gasteiger charge is -2.45. The van der Waals surface area contributed by atoms with Gasteiger partial charge in [0.05, 0.1) is 30.1 Å². The van der Waals surface area contributed by atoms with Gasteiger partial charge in [-0.25, -0.2) is 0 Å². The first-order valence-electron chi connectivity index (χ1n) is 5.23. The summed E-state index contributed by atoms with van der Waals surface area (Å²) in [6.45, 7) is 1.35. The standard InChI is InChI=1S/C12H12N2O/c13-7-11(3-4-11)12(8-15-9-12)10-2-1-5-14-6-10/h1-2,5-6H,3-4,8-9H2. The highest BCUT2D eigenvalue weighted by Crippen LogP contribution is 2.61. The molecule has 15 heavy (non-hydrogen) atoms. The van der Waals surface area contributed by atoms with Gasteiger partial charge in [0.2, 0.25) is 0 Å². The maximum absolute atomic E-state index is 9.29. The van der Waals surface area contributed by atoms with Gasteiger partial charge in [-0.15, -0.1) is 0 Å². The highest BCUT2D eigenvalue weighted by molar-refractivity contribution is 5.37. The third kappa shape index (κ3) is 1.00. The molecule has 0 bridgehead atoms. The van der Waals surface area contributed by atoms with Crippen molar-refractivity contribution in [2.75, 3.05) is 13.2 Å². The van der Waals surface area contributed by atoms with Gasteiger partial charge in [-0.2, -0.15) is 5.26 Å². The Hall–Kier alpha value is -1.40. The number of hydrogen-bond acceptors (Lipinski definition) is 3. The van der Waals surface area contributed by atoms with Gasteiger partial charge in [-0.1, -0.05) is 6.07 Å². The minimum absolute atomic E-state index is 0.0734. The molecule has 1 aromatic rings. The van der Waals surface area contributed by atoms with Crippen LogP contribution in [-0.2, 0) is 10.2 Å². The normalized spacial score (nSPS) is 25.0. The molecule has 0 spiro atoms. The Balaban J connectivity index is 2.05. The molecule has 2 heterocycles. The van der Waals surface area contributed by atoms with Crippen LogP contribution >= 0.6 is 0 Å². The van der Waals surface area contributed by atoms with Gasteiger partial charge < -0.3 is 4.74 Å². The van der Waals surface area contributed by atoms with Crippen LogP contribution in [0.2, 0.25) is 0 Å². The molecule has 1 saturated heterocycles. The lowest BCUT2D eigenvalue weighted by Crippen LogP contribution is -2.53. The smallest absolute Gasteiger partial charge is 0.0716 e. The van der Waals surface area contributed by atoms with Crippen molar-refractivity contribution in [3.8, 4) is 6.07 Å². The Bertz CT molecular complexity index is 413. The van der Waals surface area contributed by atoms with E-state index < -0.39 is 0 Å². The van der Waals surface area contributed by atoms with E-state index in [1.165, 1.54) is 0 Å². The van der Waals surface area contributed by atoms with Crippen LogP contribution in [0, 0.1) is 16.7 Å². The average molecular weight is 200 g/mol. The maximum Gasteiger partial charge on any atom is 0.0716 e. The summed E-state index contributed by atoms with van der Waals surface area (Å²) in [5.74, 6) is 0. The molecular formula is C12H12N2O. The quantitative estimate of drug-likeness (QED) is 0.729. The zero-order valence-electron chi connectivity index (χ0n) is 8.44. The fourth-order valence-electron chi connectivity index (χ4n) is 2.49. The number of hydrogen-bond donors (Lipinski definition) is 0. The molecule has 3 nitrogen and oxygen atoms in total. The zero-order valence-corrected chi connectivity index (χ0v) is 8.44. The van der Waals surface area contributed by atoms with E-state index in [0.29, 0.717) is 13.2 Å². The minimum Gasteiger partial charge on any atom is -0.379 e. The van der Waals surface area contributed by atoms with Gasteiger partial charge in [0.25, 0.3) is 0 Å². The summed E-state index contributed by atoms with van der Waals surface area (Å²) in [6.07, 6.45) is 5.64. The van der Waals surface area contributed by atoms with Crippen molar-refractivity contribution in [2.24, 2.45) is 5.41 Å². The zero-order chi connectivity index (χ0) is 10.4. The van der Waals surface area contributed by atoms with Crippen molar-refractivity contribution in [2.45, 2.75) is 18.3 Å². The molecule has 0 aromatic carbocycles. The second-order valence-corrected chi connectivity index (χ2v) is 4.51. The van der Waals surface area contributed by atoms with E-state index in [4.69, 9.17) is 4.74 Å². The van der Waals surface area contributed by atoms with E-state index in [1.54, 1.807) is 6.20 Å². The largest absolute Gasteiger partial charge is 0.379 e. The highest BCUT2D eigenvalue weighted by atomic mass is 16.5. The molecule has 1 aliphatic heterocycles. The molecule has 76 valence electrons. The Morgan fingerprint density at radius 1 is 1.40 bits per heavy atom. The van der Waals surface area contributed by atoms with Crippen molar-refractivity contribution in [3.05, 3.63) is 30.1 Å². The summed E-state index contributed by atoms with van der Waals surface area (Å²) in [5, 5.41) is 9.29. The fraction of sp³-hybridized carbons (Fsp3) is 0.500. The molecule has 3 rings (SSSR count). The van der Waals surface area contributed by atoms with Crippen LogP contribution in [0.5, 0.6) is 0 Å². The van der Waals surface area contributed by atoms with Gasteiger partial charge in [0, 0.05) is 12.4 Å². The molecule has 0 N–H and O–H groups in total. The maximum atomic E-state index is 9.29. The van der Waals surface area contributed by atoms with Crippen LogP contribution in [0.4, 0.5) is 0 Å². The number of nitrogens with zero attached hydrogens (tertiary/aromatic N) is 2. The molecule has 2 fully saturated rings. The van der Waals surface area contributed by atoms with Gasteiger partial charge in [-0.3, -0.25) is 4.98 Å². The van der Waals surface area contributed by atoms with E-state index in [-0.39, 0.29) is 10.8 Å².